The van der Waals surface area contributed by atoms with Gasteiger partial charge in [0, 0.05) is 18.1 Å². The lowest BCUT2D eigenvalue weighted by atomic mass is 10.4. The molecule has 0 radical (unpaired) electrons. The molecule has 0 saturated carbocycles. The summed E-state index contributed by atoms with van der Waals surface area (Å²) < 4.78 is 4.27. The van der Waals surface area contributed by atoms with Gasteiger partial charge in [-0.05, 0) is 13.8 Å². The number of methoxy groups -OCH3 is 1. The zero-order valence-electron chi connectivity index (χ0n) is 10.4. The Balaban J connectivity index is -0.000000180. The van der Waals surface area contributed by atoms with E-state index in [9.17, 15) is 9.59 Å². The normalized spacial score (nSPS) is 7.29. The molecule has 17 heavy (non-hydrogen) atoms. The Bertz CT molecular complexity index is 287. The van der Waals surface area contributed by atoms with Crippen LogP contribution < -0.4 is 0 Å². The van der Waals surface area contributed by atoms with E-state index in [4.69, 9.17) is 15.0 Å². The summed E-state index contributed by atoms with van der Waals surface area (Å²) >= 11 is 0. The molecule has 0 aromatic carbocycles. The second kappa shape index (κ2) is 12.0. The lowest BCUT2D eigenvalue weighted by Gasteiger charge is -1.91. The fourth-order valence-corrected chi connectivity index (χ4v) is 0.174. The fourth-order valence-electron chi connectivity index (χ4n) is 0.174. The number of carboxylic acids is 2. The molecule has 2 N–H and O–H groups in total. The Morgan fingerprint density at radius 2 is 1.18 bits per heavy atom. The molecule has 0 rings (SSSR count). The first-order valence-corrected chi connectivity index (χ1v) is 4.38. The summed E-state index contributed by atoms with van der Waals surface area (Å²) in [5, 5.41) is 15.3. The molecule has 98 valence electrons. The second-order valence-corrected chi connectivity index (χ2v) is 2.88. The Morgan fingerprint density at radius 1 is 0.941 bits per heavy atom. The first kappa shape index (κ1) is 20.3. The number of hydrogen-bond donors (Lipinski definition) is 2. The van der Waals surface area contributed by atoms with Gasteiger partial charge in [0.25, 0.3) is 5.97 Å². The smallest absolute Gasteiger partial charge is 0.332 e. The minimum Gasteiger partial charge on any atom is -0.481 e. The van der Waals surface area contributed by atoms with Crippen LogP contribution in [0.2, 0.25) is 0 Å². The van der Waals surface area contributed by atoms with E-state index >= 15 is 0 Å². The minimum atomic E-state index is -0.935. The molecular formula is C11H18O6. The molecular weight excluding hydrogens is 228 g/mol. The van der Waals surface area contributed by atoms with Crippen LogP contribution in [0, 0.1) is 0 Å². The topological polar surface area (TPSA) is 101 Å². The van der Waals surface area contributed by atoms with Crippen molar-refractivity contribution in [3.63, 3.8) is 0 Å². The highest BCUT2D eigenvalue weighted by molar-refractivity contribution is 5.86. The molecule has 0 spiro atoms. The van der Waals surface area contributed by atoms with Crippen molar-refractivity contribution in [3.8, 4) is 0 Å². The molecule has 0 amide bonds. The molecule has 0 atom stereocenters. The molecule has 0 aliphatic heterocycles. The van der Waals surface area contributed by atoms with Crippen molar-refractivity contribution in [2.45, 2.75) is 20.8 Å². The summed E-state index contributed by atoms with van der Waals surface area (Å²) in [6.45, 7) is 10.6. The maximum absolute atomic E-state index is 10.2. The standard InChI is InChI=1S/C5H8O2.C4H6O2.C2H4O2/c1-4(2)5(6)7-3;1-3(2)4(5)6;1-2(3)4/h1H2,2-3H3;1H2,2H3,(H,5,6);1H3,(H,3,4). The van der Waals surface area contributed by atoms with Crippen molar-refractivity contribution in [2.24, 2.45) is 0 Å². The van der Waals surface area contributed by atoms with Crippen LogP contribution in [-0.2, 0) is 19.1 Å². The third-order valence-electron chi connectivity index (χ3n) is 0.899. The first-order chi connectivity index (χ1) is 7.56. The van der Waals surface area contributed by atoms with Gasteiger partial charge in [0.15, 0.2) is 0 Å². The number of ether oxygens (including phenoxy) is 1. The van der Waals surface area contributed by atoms with Crippen LogP contribution in [0.5, 0.6) is 0 Å². The van der Waals surface area contributed by atoms with E-state index in [-0.39, 0.29) is 11.5 Å². The first-order valence-electron chi connectivity index (χ1n) is 4.38. The number of aliphatic carboxylic acids is 2. The molecule has 0 heterocycles. The molecule has 6 heteroatoms. The quantitative estimate of drug-likeness (QED) is 0.565. The molecule has 0 aliphatic rings. The Morgan fingerprint density at radius 3 is 1.18 bits per heavy atom. The van der Waals surface area contributed by atoms with E-state index in [1.54, 1.807) is 6.92 Å². The van der Waals surface area contributed by atoms with Gasteiger partial charge in [-0.25, -0.2) is 9.59 Å². The number of hydrogen-bond acceptors (Lipinski definition) is 4. The third-order valence-corrected chi connectivity index (χ3v) is 0.899. The second-order valence-electron chi connectivity index (χ2n) is 2.88. The highest BCUT2D eigenvalue weighted by Gasteiger charge is 1.95. The van der Waals surface area contributed by atoms with Gasteiger partial charge in [0.2, 0.25) is 0 Å². The van der Waals surface area contributed by atoms with Gasteiger partial charge >= 0.3 is 11.9 Å². The summed E-state index contributed by atoms with van der Waals surface area (Å²) in [6, 6.07) is 0. The van der Waals surface area contributed by atoms with Crippen molar-refractivity contribution in [1.82, 2.24) is 0 Å². The van der Waals surface area contributed by atoms with Crippen LogP contribution in [0.15, 0.2) is 24.3 Å². The van der Waals surface area contributed by atoms with E-state index in [1.165, 1.54) is 14.0 Å². The fraction of sp³-hybridized carbons (Fsp3) is 0.364. The largest absolute Gasteiger partial charge is 0.481 e. The van der Waals surface area contributed by atoms with Crippen molar-refractivity contribution < 1.29 is 29.3 Å². The monoisotopic (exact) mass is 246 g/mol. The minimum absolute atomic E-state index is 0.176. The van der Waals surface area contributed by atoms with E-state index in [0.717, 1.165) is 6.92 Å². The number of esters is 1. The van der Waals surface area contributed by atoms with Gasteiger partial charge in [-0.1, -0.05) is 13.2 Å². The molecule has 0 aromatic rings. The molecule has 0 bridgehead atoms. The number of carbonyl (C=O) groups excluding carboxylic acids is 1. The molecule has 6 nitrogen and oxygen atoms in total. The van der Waals surface area contributed by atoms with Gasteiger partial charge in [-0.3, -0.25) is 4.79 Å². The Hall–Kier alpha value is -2.11. The number of rotatable bonds is 2. The van der Waals surface area contributed by atoms with Crippen LogP contribution in [0.4, 0.5) is 0 Å². The molecule has 0 fully saturated rings. The van der Waals surface area contributed by atoms with Gasteiger partial charge in [-0.2, -0.15) is 0 Å². The lowest BCUT2D eigenvalue weighted by Crippen LogP contribution is -1.98. The van der Waals surface area contributed by atoms with E-state index in [0.29, 0.717) is 5.57 Å². The van der Waals surface area contributed by atoms with Crippen LogP contribution >= 0.6 is 0 Å². The van der Waals surface area contributed by atoms with E-state index < -0.39 is 11.9 Å². The summed E-state index contributed by atoms with van der Waals surface area (Å²) in [5.41, 5.74) is 0.609. The molecule has 0 unspecified atom stereocenters. The van der Waals surface area contributed by atoms with Gasteiger partial charge in [0.05, 0.1) is 7.11 Å². The van der Waals surface area contributed by atoms with Crippen molar-refractivity contribution in [3.05, 3.63) is 24.3 Å². The highest BCUT2D eigenvalue weighted by atomic mass is 16.5. The predicted molar refractivity (Wildman–Crippen MR) is 62.6 cm³/mol. The van der Waals surface area contributed by atoms with Crippen LogP contribution in [0.25, 0.3) is 0 Å². The summed E-state index contributed by atoms with van der Waals surface area (Å²) in [7, 11) is 1.33. The van der Waals surface area contributed by atoms with E-state index in [1.807, 2.05) is 0 Å². The van der Waals surface area contributed by atoms with Crippen LogP contribution in [-0.4, -0.2) is 35.2 Å². The average Bonchev–Trinajstić information content (AvgIpc) is 2.16. The Labute approximate surface area is 100 Å². The maximum Gasteiger partial charge on any atom is 0.332 e. The number of carbonyl (C=O) groups is 3. The molecule has 0 aromatic heterocycles. The summed E-state index contributed by atoms with van der Waals surface area (Å²) in [5.74, 6) is -2.12. The van der Waals surface area contributed by atoms with Gasteiger partial charge in [0.1, 0.15) is 0 Å². The predicted octanol–water partition coefficient (Wildman–Crippen LogP) is 1.47. The Kier molecular flexibility index (Phi) is 14.3. The maximum atomic E-state index is 10.2. The zero-order chi connectivity index (χ0) is 14.6. The highest BCUT2D eigenvalue weighted by Crippen LogP contribution is 1.87. The summed E-state index contributed by atoms with van der Waals surface area (Å²) in [6.07, 6.45) is 0. The van der Waals surface area contributed by atoms with Crippen LogP contribution in [0.1, 0.15) is 20.8 Å². The van der Waals surface area contributed by atoms with Gasteiger partial charge in [-0.15, -0.1) is 0 Å². The average molecular weight is 246 g/mol. The van der Waals surface area contributed by atoms with Crippen molar-refractivity contribution in [2.75, 3.05) is 7.11 Å². The summed E-state index contributed by atoms with van der Waals surface area (Å²) in [4.78, 5) is 28.8. The molecule has 0 saturated heterocycles. The molecule has 0 aliphatic carbocycles. The third kappa shape index (κ3) is 31.5. The van der Waals surface area contributed by atoms with Crippen molar-refractivity contribution >= 4 is 17.9 Å². The van der Waals surface area contributed by atoms with Gasteiger partial charge < -0.3 is 14.9 Å². The number of carboxylic acid groups (broad SMARTS) is 2. The lowest BCUT2D eigenvalue weighted by molar-refractivity contribution is -0.136. The zero-order valence-corrected chi connectivity index (χ0v) is 10.4. The van der Waals surface area contributed by atoms with Crippen molar-refractivity contribution in [1.29, 1.82) is 0 Å². The van der Waals surface area contributed by atoms with Crippen LogP contribution in [0.3, 0.4) is 0 Å². The SMILES string of the molecule is C=C(C)C(=O)O.C=C(C)C(=O)OC.CC(=O)O. The van der Waals surface area contributed by atoms with E-state index in [2.05, 4.69) is 17.9 Å².